The van der Waals surface area contributed by atoms with Gasteiger partial charge in [0.2, 0.25) is 0 Å². The summed E-state index contributed by atoms with van der Waals surface area (Å²) in [5.74, 6) is 0.870. The van der Waals surface area contributed by atoms with Gasteiger partial charge < -0.3 is 15.5 Å². The van der Waals surface area contributed by atoms with Crippen LogP contribution in [0.4, 0.5) is 0 Å². The Labute approximate surface area is 139 Å². The molecule has 1 unspecified atom stereocenters. The molecule has 1 atom stereocenters. The van der Waals surface area contributed by atoms with Gasteiger partial charge >= 0.3 is 0 Å². The summed E-state index contributed by atoms with van der Waals surface area (Å²) in [6.45, 7) is 11.4. The Morgan fingerprint density at radius 2 is 2.00 bits per heavy atom. The molecule has 2 rings (SSSR count). The second kappa shape index (κ2) is 8.88. The summed E-state index contributed by atoms with van der Waals surface area (Å²) in [4.78, 5) is 9.58. The molecule has 130 valence electrons. The molecule has 23 heavy (non-hydrogen) atoms. The van der Waals surface area contributed by atoms with Crippen molar-refractivity contribution in [1.29, 1.82) is 0 Å². The number of aliphatic imine (C=N–C) groups is 1. The van der Waals surface area contributed by atoms with Crippen LogP contribution in [0.15, 0.2) is 17.3 Å². The van der Waals surface area contributed by atoms with Crippen LogP contribution in [0.5, 0.6) is 0 Å². The van der Waals surface area contributed by atoms with Crippen molar-refractivity contribution in [1.82, 2.24) is 30.2 Å². The Morgan fingerprint density at radius 1 is 1.26 bits per heavy atom. The van der Waals surface area contributed by atoms with E-state index in [0.717, 1.165) is 50.9 Å². The number of piperazine rings is 1. The second-order valence-corrected chi connectivity index (χ2v) is 6.21. The summed E-state index contributed by atoms with van der Waals surface area (Å²) in [5, 5.41) is 11.0. The second-order valence-electron chi connectivity index (χ2n) is 6.21. The van der Waals surface area contributed by atoms with Crippen LogP contribution in [-0.2, 0) is 13.6 Å². The van der Waals surface area contributed by atoms with Gasteiger partial charge in [-0.2, -0.15) is 5.10 Å². The summed E-state index contributed by atoms with van der Waals surface area (Å²) in [5.41, 5.74) is 1.11. The van der Waals surface area contributed by atoms with Gasteiger partial charge in [0.1, 0.15) is 0 Å². The van der Waals surface area contributed by atoms with Gasteiger partial charge in [0.25, 0.3) is 0 Å². The number of hydrogen-bond donors (Lipinski definition) is 2. The number of nitrogens with zero attached hydrogens (tertiary/aromatic N) is 5. The maximum Gasteiger partial charge on any atom is 0.191 e. The maximum atomic E-state index is 4.65. The smallest absolute Gasteiger partial charge is 0.191 e. The number of nitrogens with one attached hydrogen (secondary N) is 2. The lowest BCUT2D eigenvalue weighted by atomic mass is 10.2. The summed E-state index contributed by atoms with van der Waals surface area (Å²) < 4.78 is 1.86. The van der Waals surface area contributed by atoms with Crippen molar-refractivity contribution in [2.24, 2.45) is 12.0 Å². The zero-order valence-corrected chi connectivity index (χ0v) is 14.9. The first kappa shape index (κ1) is 17.7. The molecule has 0 amide bonds. The molecule has 7 heteroatoms. The molecule has 1 aromatic heterocycles. The first-order valence-corrected chi connectivity index (χ1v) is 8.51. The topological polar surface area (TPSA) is 60.7 Å². The lowest BCUT2D eigenvalue weighted by Gasteiger charge is -2.36. The predicted octanol–water partition coefficient (Wildman–Crippen LogP) is 0.111. The van der Waals surface area contributed by atoms with Crippen LogP contribution in [-0.4, -0.2) is 77.9 Å². The number of likely N-dealkylation sites (N-methyl/N-ethyl adjacent to an activating group) is 1. The van der Waals surface area contributed by atoms with Crippen molar-refractivity contribution in [3.05, 3.63) is 18.0 Å². The molecular weight excluding hydrogens is 290 g/mol. The zero-order chi connectivity index (χ0) is 16.7. The van der Waals surface area contributed by atoms with Gasteiger partial charge in [0, 0.05) is 58.6 Å². The fourth-order valence-electron chi connectivity index (χ4n) is 2.69. The van der Waals surface area contributed by atoms with Crippen LogP contribution in [0.1, 0.15) is 19.5 Å². The lowest BCUT2D eigenvalue weighted by molar-refractivity contribution is 0.120. The average Bonchev–Trinajstić information content (AvgIpc) is 2.95. The lowest BCUT2D eigenvalue weighted by Crippen LogP contribution is -2.52. The number of aromatic nitrogens is 2. The van der Waals surface area contributed by atoms with Gasteiger partial charge in [0.15, 0.2) is 5.96 Å². The maximum absolute atomic E-state index is 4.65. The Hall–Kier alpha value is -1.60. The Morgan fingerprint density at radius 3 is 2.61 bits per heavy atom. The number of aryl methyl sites for hydroxylation is 1. The highest BCUT2D eigenvalue weighted by atomic mass is 15.3. The first-order valence-electron chi connectivity index (χ1n) is 8.51. The highest BCUT2D eigenvalue weighted by Gasteiger charge is 2.19. The van der Waals surface area contributed by atoms with Gasteiger partial charge in [-0.3, -0.25) is 9.58 Å². The predicted molar refractivity (Wildman–Crippen MR) is 94.6 cm³/mol. The minimum Gasteiger partial charge on any atom is -0.357 e. The highest BCUT2D eigenvalue weighted by molar-refractivity contribution is 5.79. The van der Waals surface area contributed by atoms with Gasteiger partial charge in [-0.15, -0.1) is 0 Å². The molecule has 0 aromatic carbocycles. The normalized spacial score (nSPS) is 18.9. The summed E-state index contributed by atoms with van der Waals surface area (Å²) in [7, 11) is 4.13. The molecule has 1 aromatic rings. The van der Waals surface area contributed by atoms with Gasteiger partial charge in [-0.1, -0.05) is 0 Å². The standard InChI is InChI=1S/C16H31N7/c1-5-17-16(19-13-15-6-7-20-22(15)4)18-12-14(2)23-10-8-21(3)9-11-23/h6-7,14H,5,8-13H2,1-4H3,(H2,17,18,19). The van der Waals surface area contributed by atoms with E-state index in [1.165, 1.54) is 0 Å². The molecule has 0 radical (unpaired) electrons. The van der Waals surface area contributed by atoms with Crippen molar-refractivity contribution in [2.75, 3.05) is 46.3 Å². The molecule has 0 saturated carbocycles. The molecule has 1 aliphatic heterocycles. The molecule has 0 bridgehead atoms. The van der Waals surface area contributed by atoms with E-state index in [-0.39, 0.29) is 0 Å². The average molecular weight is 321 g/mol. The monoisotopic (exact) mass is 321 g/mol. The van der Waals surface area contributed by atoms with Crippen LogP contribution in [0, 0.1) is 0 Å². The fourth-order valence-corrected chi connectivity index (χ4v) is 2.69. The van der Waals surface area contributed by atoms with Crippen LogP contribution in [0.2, 0.25) is 0 Å². The highest BCUT2D eigenvalue weighted by Crippen LogP contribution is 2.04. The number of hydrogen-bond acceptors (Lipinski definition) is 4. The molecule has 1 saturated heterocycles. The van der Waals surface area contributed by atoms with E-state index in [4.69, 9.17) is 0 Å². The first-order chi connectivity index (χ1) is 11.1. The third-order valence-electron chi connectivity index (χ3n) is 4.39. The fraction of sp³-hybridized carbons (Fsp3) is 0.750. The molecule has 0 spiro atoms. The van der Waals surface area contributed by atoms with Crippen LogP contribution >= 0.6 is 0 Å². The van der Waals surface area contributed by atoms with Crippen LogP contribution in [0.25, 0.3) is 0 Å². The SMILES string of the molecule is CCNC(=NCc1ccnn1C)NCC(C)N1CCN(C)CC1. The Bertz CT molecular complexity index is 488. The summed E-state index contributed by atoms with van der Waals surface area (Å²) >= 11 is 0. The molecule has 7 nitrogen and oxygen atoms in total. The van der Waals surface area contributed by atoms with Crippen LogP contribution in [0.3, 0.4) is 0 Å². The molecular formula is C16H31N7. The third kappa shape index (κ3) is 5.51. The molecule has 1 fully saturated rings. The Kier molecular flexibility index (Phi) is 6.85. The van der Waals surface area contributed by atoms with E-state index in [1.807, 2.05) is 17.8 Å². The van der Waals surface area contributed by atoms with E-state index < -0.39 is 0 Å². The van der Waals surface area contributed by atoms with Crippen LogP contribution < -0.4 is 10.6 Å². The van der Waals surface area contributed by atoms with Crippen molar-refractivity contribution < 1.29 is 0 Å². The van der Waals surface area contributed by atoms with E-state index in [0.29, 0.717) is 12.6 Å². The van der Waals surface area contributed by atoms with Crippen molar-refractivity contribution in [2.45, 2.75) is 26.4 Å². The van der Waals surface area contributed by atoms with Crippen molar-refractivity contribution in [3.8, 4) is 0 Å². The molecule has 2 N–H and O–H groups in total. The van der Waals surface area contributed by atoms with E-state index >= 15 is 0 Å². The minimum atomic E-state index is 0.504. The van der Waals surface area contributed by atoms with Gasteiger partial charge in [-0.25, -0.2) is 4.99 Å². The zero-order valence-electron chi connectivity index (χ0n) is 14.9. The van der Waals surface area contributed by atoms with Gasteiger partial charge in [-0.05, 0) is 27.0 Å². The number of guanidine groups is 1. The summed E-state index contributed by atoms with van der Waals surface area (Å²) in [6.07, 6.45) is 1.81. The molecule has 2 heterocycles. The third-order valence-corrected chi connectivity index (χ3v) is 4.39. The molecule has 1 aliphatic rings. The van der Waals surface area contributed by atoms with Crippen molar-refractivity contribution >= 4 is 5.96 Å². The van der Waals surface area contributed by atoms with E-state index in [2.05, 4.69) is 51.4 Å². The molecule has 0 aliphatic carbocycles. The van der Waals surface area contributed by atoms with Crippen molar-refractivity contribution in [3.63, 3.8) is 0 Å². The number of rotatable bonds is 6. The largest absolute Gasteiger partial charge is 0.357 e. The Balaban J connectivity index is 1.82. The summed E-state index contributed by atoms with van der Waals surface area (Å²) in [6, 6.07) is 2.50. The minimum absolute atomic E-state index is 0.504. The quantitative estimate of drug-likeness (QED) is 0.575. The van der Waals surface area contributed by atoms with E-state index in [1.54, 1.807) is 6.20 Å². The van der Waals surface area contributed by atoms with E-state index in [9.17, 15) is 0 Å². The van der Waals surface area contributed by atoms with Gasteiger partial charge in [0.05, 0.1) is 12.2 Å².